The van der Waals surface area contributed by atoms with E-state index >= 15 is 0 Å². The minimum Gasteiger partial charge on any atom is -0.394 e. The van der Waals surface area contributed by atoms with Gasteiger partial charge in [0, 0.05) is 0 Å². The van der Waals surface area contributed by atoms with E-state index in [1.165, 1.54) is 12.7 Å². The summed E-state index contributed by atoms with van der Waals surface area (Å²) in [4.78, 5) is 11.0. The molecule has 1 fully saturated rings. The Balaban J connectivity index is 2.15. The maximum Gasteiger partial charge on any atom is 0.173 e. The van der Waals surface area contributed by atoms with Crippen LogP contribution in [-0.4, -0.2) is 59.8 Å². The molecule has 8 nitrogen and oxygen atoms in total. The Hall–Kier alpha value is -1.39. The van der Waals surface area contributed by atoms with E-state index in [-0.39, 0.29) is 0 Å². The highest BCUT2D eigenvalue weighted by molar-refractivity contribution is 7.71. The van der Waals surface area contributed by atoms with Crippen LogP contribution in [0.3, 0.4) is 0 Å². The first kappa shape index (κ1) is 13.6. The predicted molar refractivity (Wildman–Crippen MR) is 70.3 cm³/mol. The third-order valence-electron chi connectivity index (χ3n) is 3.65. The summed E-state index contributed by atoms with van der Waals surface area (Å²) in [6.07, 6.45) is -0.390. The summed E-state index contributed by atoms with van der Waals surface area (Å²) >= 11 is 5.08. The van der Waals surface area contributed by atoms with Gasteiger partial charge < -0.3 is 25.0 Å². The van der Waals surface area contributed by atoms with E-state index in [2.05, 4.69) is 15.0 Å². The van der Waals surface area contributed by atoms with Crippen LogP contribution >= 0.6 is 12.2 Å². The van der Waals surface area contributed by atoms with Crippen LogP contribution in [0.25, 0.3) is 11.2 Å². The Labute approximate surface area is 118 Å². The lowest BCUT2D eigenvalue weighted by Gasteiger charge is -2.29. The summed E-state index contributed by atoms with van der Waals surface area (Å²) in [6.45, 7) is 1.22. The van der Waals surface area contributed by atoms with E-state index in [1.807, 2.05) is 0 Å². The minimum absolute atomic E-state index is 0.327. The van der Waals surface area contributed by atoms with Gasteiger partial charge in [0.2, 0.25) is 0 Å². The molecule has 1 aliphatic heterocycles. The van der Waals surface area contributed by atoms with Gasteiger partial charge in [0.1, 0.15) is 29.5 Å². The molecule has 0 saturated carbocycles. The van der Waals surface area contributed by atoms with Gasteiger partial charge in [-0.3, -0.25) is 4.57 Å². The zero-order chi connectivity index (χ0) is 14.5. The summed E-state index contributed by atoms with van der Waals surface area (Å²) in [5, 5.41) is 29.3. The van der Waals surface area contributed by atoms with Crippen LogP contribution in [0.5, 0.6) is 0 Å². The maximum atomic E-state index is 10.2. The highest BCUT2D eigenvalue weighted by Crippen LogP contribution is 2.36. The lowest BCUT2D eigenvalue weighted by molar-refractivity contribution is -0.132. The SMILES string of the molecule is C[C@@]1(n2cnc3c(=S)nc[nH]c32)O[C@H](CO)[C@@H](O)[C@H]1O. The average molecular weight is 298 g/mol. The van der Waals surface area contributed by atoms with Crippen molar-refractivity contribution < 1.29 is 20.1 Å². The van der Waals surface area contributed by atoms with Crippen molar-refractivity contribution in [1.82, 2.24) is 19.5 Å². The molecule has 3 rings (SSSR count). The largest absolute Gasteiger partial charge is 0.394 e. The molecule has 2 aromatic heterocycles. The van der Waals surface area contributed by atoms with Crippen LogP contribution in [0.1, 0.15) is 6.92 Å². The molecule has 20 heavy (non-hydrogen) atoms. The standard InChI is InChI=1S/C11H14N4O4S/c1-11(8(18)7(17)5(2-16)19-11)15-4-14-6-9(15)12-3-13-10(6)20/h3-5,7-8,16-18H,2H2,1H3,(H,12,13,20)/t5-,7-,8-,11-/m1/s1. The molecule has 0 aliphatic carbocycles. The normalized spacial score (nSPS) is 33.9. The zero-order valence-corrected chi connectivity index (χ0v) is 11.4. The number of aromatic amines is 1. The molecule has 1 saturated heterocycles. The van der Waals surface area contributed by atoms with Gasteiger partial charge in [0.05, 0.1) is 19.3 Å². The van der Waals surface area contributed by atoms with Crippen LogP contribution in [0.4, 0.5) is 0 Å². The average Bonchev–Trinajstić information content (AvgIpc) is 2.96. The number of ether oxygens (including phenoxy) is 1. The number of imidazole rings is 1. The van der Waals surface area contributed by atoms with Gasteiger partial charge in [-0.2, -0.15) is 0 Å². The van der Waals surface area contributed by atoms with Gasteiger partial charge in [-0.25, -0.2) is 9.97 Å². The third-order valence-corrected chi connectivity index (χ3v) is 3.95. The van der Waals surface area contributed by atoms with Crippen LogP contribution < -0.4 is 0 Å². The fourth-order valence-corrected chi connectivity index (χ4v) is 2.71. The van der Waals surface area contributed by atoms with Crippen LogP contribution in [0, 0.1) is 4.64 Å². The first-order valence-corrected chi connectivity index (χ1v) is 6.46. The smallest absolute Gasteiger partial charge is 0.173 e. The maximum absolute atomic E-state index is 10.2. The fourth-order valence-electron chi connectivity index (χ4n) is 2.50. The molecule has 0 spiro atoms. The lowest BCUT2D eigenvalue weighted by Crippen LogP contribution is -2.43. The number of nitrogens with one attached hydrogen (secondary N) is 1. The summed E-state index contributed by atoms with van der Waals surface area (Å²) in [6, 6.07) is 0. The number of hydrogen-bond donors (Lipinski definition) is 4. The molecule has 0 amide bonds. The van der Waals surface area contributed by atoms with Crippen molar-refractivity contribution in [3.05, 3.63) is 17.3 Å². The molecule has 1 aliphatic rings. The van der Waals surface area contributed by atoms with Crippen molar-refractivity contribution in [3.63, 3.8) is 0 Å². The minimum atomic E-state index is -1.26. The number of aromatic nitrogens is 4. The van der Waals surface area contributed by atoms with Crippen molar-refractivity contribution in [2.45, 2.75) is 31.0 Å². The van der Waals surface area contributed by atoms with E-state index in [1.54, 1.807) is 11.5 Å². The molecule has 0 aromatic carbocycles. The lowest BCUT2D eigenvalue weighted by atomic mass is 10.0. The summed E-state index contributed by atoms with van der Waals surface area (Å²) in [7, 11) is 0. The Morgan fingerprint density at radius 1 is 1.50 bits per heavy atom. The van der Waals surface area contributed by atoms with Crippen molar-refractivity contribution >= 4 is 23.4 Å². The van der Waals surface area contributed by atoms with Gasteiger partial charge in [-0.15, -0.1) is 0 Å². The summed E-state index contributed by atoms with van der Waals surface area (Å²) < 4.78 is 7.49. The van der Waals surface area contributed by atoms with Gasteiger partial charge >= 0.3 is 0 Å². The molecular formula is C11H14N4O4S. The number of H-pyrrole nitrogens is 1. The van der Waals surface area contributed by atoms with Crippen molar-refractivity contribution in [2.24, 2.45) is 0 Å². The topological polar surface area (TPSA) is 116 Å². The van der Waals surface area contributed by atoms with Gasteiger partial charge in [0.15, 0.2) is 10.4 Å². The third kappa shape index (κ3) is 1.71. The Kier molecular flexibility index (Phi) is 3.10. The van der Waals surface area contributed by atoms with Gasteiger partial charge in [-0.1, -0.05) is 12.2 Å². The molecular weight excluding hydrogens is 284 g/mol. The van der Waals surface area contributed by atoms with Gasteiger partial charge in [0.25, 0.3) is 0 Å². The highest BCUT2D eigenvalue weighted by Gasteiger charge is 2.52. The molecule has 4 atom stereocenters. The number of fused-ring (bicyclic) bond motifs is 1. The number of aliphatic hydroxyl groups is 3. The first-order chi connectivity index (χ1) is 9.49. The molecule has 4 N–H and O–H groups in total. The van der Waals surface area contributed by atoms with E-state index in [0.717, 1.165) is 0 Å². The highest BCUT2D eigenvalue weighted by atomic mass is 32.1. The molecule has 9 heteroatoms. The predicted octanol–water partition coefficient (Wildman–Crippen LogP) is -0.726. The number of hydrogen-bond acceptors (Lipinski definition) is 7. The monoisotopic (exact) mass is 298 g/mol. The van der Waals surface area contributed by atoms with Crippen LogP contribution in [-0.2, 0) is 10.5 Å². The van der Waals surface area contributed by atoms with Gasteiger partial charge in [-0.05, 0) is 6.92 Å². The second kappa shape index (κ2) is 4.57. The van der Waals surface area contributed by atoms with E-state index in [9.17, 15) is 15.3 Å². The number of aliphatic hydroxyl groups excluding tert-OH is 3. The summed E-state index contributed by atoms with van der Waals surface area (Å²) in [5.41, 5.74) is -0.264. The fraction of sp³-hybridized carbons (Fsp3) is 0.545. The Morgan fingerprint density at radius 2 is 2.25 bits per heavy atom. The van der Waals surface area contributed by atoms with Crippen LogP contribution in [0.2, 0.25) is 0 Å². The van der Waals surface area contributed by atoms with E-state index < -0.39 is 30.6 Å². The molecule has 0 unspecified atom stereocenters. The molecule has 2 aromatic rings. The van der Waals surface area contributed by atoms with Crippen molar-refractivity contribution in [3.8, 4) is 0 Å². The second-order valence-corrected chi connectivity index (χ2v) is 5.24. The summed E-state index contributed by atoms with van der Waals surface area (Å²) in [5.74, 6) is 0. The van der Waals surface area contributed by atoms with Crippen molar-refractivity contribution in [1.29, 1.82) is 0 Å². The zero-order valence-electron chi connectivity index (χ0n) is 10.6. The Bertz CT molecular complexity index is 701. The van der Waals surface area contributed by atoms with E-state index in [0.29, 0.717) is 15.8 Å². The quantitative estimate of drug-likeness (QED) is 0.540. The molecule has 3 heterocycles. The Morgan fingerprint density at radius 3 is 2.90 bits per heavy atom. The van der Waals surface area contributed by atoms with Crippen LogP contribution in [0.15, 0.2) is 12.7 Å². The molecule has 0 radical (unpaired) electrons. The molecule has 108 valence electrons. The van der Waals surface area contributed by atoms with Crippen molar-refractivity contribution in [2.75, 3.05) is 6.61 Å². The number of nitrogens with zero attached hydrogens (tertiary/aromatic N) is 3. The number of rotatable bonds is 2. The first-order valence-electron chi connectivity index (χ1n) is 6.05. The van der Waals surface area contributed by atoms with E-state index in [4.69, 9.17) is 17.0 Å². The molecule has 0 bridgehead atoms. The second-order valence-electron chi connectivity index (χ2n) is 4.85.